The van der Waals surface area contributed by atoms with Gasteiger partial charge in [-0.1, -0.05) is 109 Å². The largest absolute Gasteiger partial charge is 0.241 e. The van der Waals surface area contributed by atoms with Gasteiger partial charge in [-0.3, -0.25) is 0 Å². The maximum atomic E-state index is 13.4. The Bertz CT molecular complexity index is 1620. The number of hydrogen-bond acceptors (Lipinski definition) is 3. The summed E-state index contributed by atoms with van der Waals surface area (Å²) in [5.41, 5.74) is 5.08. The van der Waals surface area contributed by atoms with Crippen molar-refractivity contribution in [2.75, 3.05) is 0 Å². The normalized spacial score (nSPS) is 11.8. The molecule has 0 atom stereocenters. The number of benzene rings is 4. The lowest BCUT2D eigenvalue weighted by Crippen LogP contribution is -2.38. The van der Waals surface area contributed by atoms with Crippen LogP contribution in [0, 0.1) is 5.82 Å². The van der Waals surface area contributed by atoms with Gasteiger partial charge < -0.3 is 0 Å². The third kappa shape index (κ3) is 4.17. The molecular formula is C32H22ClFN4. The summed E-state index contributed by atoms with van der Waals surface area (Å²) < 4.78 is 15.4. The molecule has 0 saturated carbocycles. The Morgan fingerprint density at radius 2 is 1.21 bits per heavy atom. The van der Waals surface area contributed by atoms with Crippen molar-refractivity contribution >= 4 is 34.8 Å². The van der Waals surface area contributed by atoms with Gasteiger partial charge >= 0.3 is 0 Å². The number of hydrogen-bond donors (Lipinski definition) is 0. The van der Waals surface area contributed by atoms with Crippen LogP contribution in [0.4, 0.5) is 4.39 Å². The van der Waals surface area contributed by atoms with Gasteiger partial charge in [0.2, 0.25) is 5.28 Å². The summed E-state index contributed by atoms with van der Waals surface area (Å²) in [6.45, 7) is 0. The number of rotatable bonds is 6. The summed E-state index contributed by atoms with van der Waals surface area (Å²) in [6, 6.07) is 37.2. The highest BCUT2D eigenvalue weighted by Crippen LogP contribution is 2.42. The van der Waals surface area contributed by atoms with Gasteiger partial charge in [-0.2, -0.15) is 5.10 Å². The molecule has 0 bridgehead atoms. The second-order valence-electron chi connectivity index (χ2n) is 8.86. The Labute approximate surface area is 224 Å². The lowest BCUT2D eigenvalue weighted by Gasteiger charge is -2.36. The van der Waals surface area contributed by atoms with Gasteiger partial charge in [-0.05, 0) is 52.1 Å². The summed E-state index contributed by atoms with van der Waals surface area (Å²) in [5, 5.41) is 5.30. The molecule has 0 unspecified atom stereocenters. The van der Waals surface area contributed by atoms with Crippen LogP contribution in [0.25, 0.3) is 23.2 Å². The van der Waals surface area contributed by atoms with E-state index in [1.165, 1.54) is 12.1 Å². The minimum absolute atomic E-state index is 0.137. The van der Waals surface area contributed by atoms with Crippen molar-refractivity contribution in [3.8, 4) is 0 Å². The molecule has 38 heavy (non-hydrogen) atoms. The summed E-state index contributed by atoms with van der Waals surface area (Å²) in [6.07, 6.45) is 5.48. The van der Waals surface area contributed by atoms with Crippen LogP contribution in [0.3, 0.4) is 0 Å². The molecule has 4 nitrogen and oxygen atoms in total. The summed E-state index contributed by atoms with van der Waals surface area (Å²) in [4.78, 5) is 8.91. The molecule has 2 heterocycles. The molecule has 2 aromatic heterocycles. The zero-order chi connectivity index (χ0) is 26.0. The number of aromatic nitrogens is 4. The van der Waals surface area contributed by atoms with Crippen molar-refractivity contribution < 1.29 is 4.39 Å². The van der Waals surface area contributed by atoms with E-state index in [-0.39, 0.29) is 11.1 Å². The molecule has 6 rings (SSSR count). The van der Waals surface area contributed by atoms with Gasteiger partial charge in [-0.25, -0.2) is 19.0 Å². The third-order valence-electron chi connectivity index (χ3n) is 6.61. The van der Waals surface area contributed by atoms with Gasteiger partial charge in [0, 0.05) is 0 Å². The van der Waals surface area contributed by atoms with E-state index in [9.17, 15) is 4.39 Å². The molecule has 0 amide bonds. The Balaban J connectivity index is 1.69. The quantitative estimate of drug-likeness (QED) is 0.169. The van der Waals surface area contributed by atoms with Crippen molar-refractivity contribution in [2.24, 2.45) is 0 Å². The number of fused-ring (bicyclic) bond motifs is 1. The third-order valence-corrected chi connectivity index (χ3v) is 6.80. The molecule has 0 aliphatic rings. The minimum atomic E-state index is -0.832. The minimum Gasteiger partial charge on any atom is -0.241 e. The molecule has 0 radical (unpaired) electrons. The first-order chi connectivity index (χ1) is 18.7. The lowest BCUT2D eigenvalue weighted by molar-refractivity contribution is 0.474. The Hall–Kier alpha value is -4.61. The van der Waals surface area contributed by atoms with E-state index in [1.807, 2.05) is 71.4 Å². The van der Waals surface area contributed by atoms with E-state index >= 15 is 0 Å². The van der Waals surface area contributed by atoms with Crippen LogP contribution < -0.4 is 0 Å². The van der Waals surface area contributed by atoms with Crippen molar-refractivity contribution in [1.29, 1.82) is 0 Å². The number of nitrogens with zero attached hydrogens (tertiary/aromatic N) is 4. The summed E-state index contributed by atoms with van der Waals surface area (Å²) in [5.74, 6) is -0.283. The van der Waals surface area contributed by atoms with Crippen LogP contribution in [-0.2, 0) is 5.54 Å². The molecule has 0 saturated heterocycles. The molecule has 184 valence electrons. The van der Waals surface area contributed by atoms with Crippen molar-refractivity contribution in [2.45, 2.75) is 5.54 Å². The van der Waals surface area contributed by atoms with Crippen LogP contribution in [-0.4, -0.2) is 19.7 Å². The van der Waals surface area contributed by atoms with Crippen LogP contribution in [0.15, 0.2) is 121 Å². The van der Waals surface area contributed by atoms with Gasteiger partial charge in [0.1, 0.15) is 28.1 Å². The van der Waals surface area contributed by atoms with Crippen molar-refractivity contribution in [1.82, 2.24) is 19.7 Å². The van der Waals surface area contributed by atoms with E-state index in [0.717, 1.165) is 27.8 Å². The van der Waals surface area contributed by atoms with E-state index in [0.29, 0.717) is 11.2 Å². The molecule has 0 aliphatic heterocycles. The highest BCUT2D eigenvalue weighted by atomic mass is 35.5. The SMILES string of the molecule is Fc1ccc(C=Cc2nn(C(c3ccccc3)(c3ccccc3)c3ccccc3)c3cnc(Cl)nc23)cc1. The van der Waals surface area contributed by atoms with Gasteiger partial charge in [0.25, 0.3) is 0 Å². The number of halogens is 2. The van der Waals surface area contributed by atoms with E-state index < -0.39 is 5.54 Å². The van der Waals surface area contributed by atoms with Crippen LogP contribution in [0.2, 0.25) is 5.28 Å². The van der Waals surface area contributed by atoms with Gasteiger partial charge in [0.15, 0.2) is 0 Å². The van der Waals surface area contributed by atoms with Crippen LogP contribution in [0.1, 0.15) is 27.9 Å². The molecule has 0 N–H and O–H groups in total. The Morgan fingerprint density at radius 1 is 0.684 bits per heavy atom. The van der Waals surface area contributed by atoms with Crippen molar-refractivity contribution in [3.05, 3.63) is 161 Å². The predicted octanol–water partition coefficient (Wildman–Crippen LogP) is 7.63. The Morgan fingerprint density at radius 3 is 1.74 bits per heavy atom. The van der Waals surface area contributed by atoms with Crippen LogP contribution in [0.5, 0.6) is 0 Å². The average Bonchev–Trinajstić information content (AvgIpc) is 3.32. The first-order valence-electron chi connectivity index (χ1n) is 12.2. The molecule has 6 heteroatoms. The maximum absolute atomic E-state index is 13.4. The fourth-order valence-electron chi connectivity index (χ4n) is 4.93. The fraction of sp³-hybridized carbons (Fsp3) is 0.0312. The molecule has 0 spiro atoms. The smallest absolute Gasteiger partial charge is 0.223 e. The van der Waals surface area contributed by atoms with Crippen LogP contribution >= 0.6 is 11.6 Å². The lowest BCUT2D eigenvalue weighted by atomic mass is 9.77. The van der Waals surface area contributed by atoms with Gasteiger partial charge in [-0.15, -0.1) is 0 Å². The highest BCUT2D eigenvalue weighted by Gasteiger charge is 2.41. The first-order valence-corrected chi connectivity index (χ1v) is 12.6. The zero-order valence-electron chi connectivity index (χ0n) is 20.2. The summed E-state index contributed by atoms with van der Waals surface area (Å²) >= 11 is 6.27. The molecular weight excluding hydrogens is 495 g/mol. The average molecular weight is 517 g/mol. The molecule has 0 fully saturated rings. The highest BCUT2D eigenvalue weighted by molar-refractivity contribution is 6.28. The zero-order valence-corrected chi connectivity index (χ0v) is 21.0. The van der Waals surface area contributed by atoms with Crippen molar-refractivity contribution in [3.63, 3.8) is 0 Å². The topological polar surface area (TPSA) is 43.6 Å². The first kappa shape index (κ1) is 23.8. The summed E-state index contributed by atoms with van der Waals surface area (Å²) in [7, 11) is 0. The molecule has 6 aromatic rings. The predicted molar refractivity (Wildman–Crippen MR) is 150 cm³/mol. The molecule has 0 aliphatic carbocycles. The van der Waals surface area contributed by atoms with E-state index in [4.69, 9.17) is 16.7 Å². The fourth-order valence-corrected chi connectivity index (χ4v) is 5.06. The maximum Gasteiger partial charge on any atom is 0.223 e. The second-order valence-corrected chi connectivity index (χ2v) is 9.20. The Kier molecular flexibility index (Phi) is 6.28. The standard InChI is InChI=1S/C32H22ClFN4/c33-31-35-22-29-30(36-31)28(21-18-23-16-19-27(34)20-17-23)37-38(29)32(24-10-4-1-5-11-24,25-12-6-2-7-13-25)26-14-8-3-9-15-26/h1-22H. The van der Waals surface area contributed by atoms with E-state index in [1.54, 1.807) is 18.3 Å². The second kappa shape index (κ2) is 10.0. The molecule has 4 aromatic carbocycles. The monoisotopic (exact) mass is 516 g/mol. The van der Waals surface area contributed by atoms with Gasteiger partial charge in [0.05, 0.1) is 6.20 Å². The van der Waals surface area contributed by atoms with E-state index in [2.05, 4.69) is 46.4 Å².